The van der Waals surface area contributed by atoms with Gasteiger partial charge in [0.05, 0.1) is 24.9 Å². The van der Waals surface area contributed by atoms with Crippen molar-refractivity contribution in [3.63, 3.8) is 0 Å². The Morgan fingerprint density at radius 3 is 2.94 bits per heavy atom. The molecule has 94 valence electrons. The van der Waals surface area contributed by atoms with Gasteiger partial charge in [0.1, 0.15) is 5.82 Å². The summed E-state index contributed by atoms with van der Waals surface area (Å²) in [7, 11) is 1.29. The van der Waals surface area contributed by atoms with Crippen LogP contribution in [0, 0.1) is 5.82 Å². The van der Waals surface area contributed by atoms with E-state index in [4.69, 9.17) is 0 Å². The lowest BCUT2D eigenvalue weighted by molar-refractivity contribution is 0.0600. The number of halogens is 1. The van der Waals surface area contributed by atoms with E-state index in [1.165, 1.54) is 25.3 Å². The molecule has 0 saturated heterocycles. The number of methoxy groups -OCH3 is 1. The molecule has 1 heterocycles. The fourth-order valence-electron chi connectivity index (χ4n) is 1.57. The molecule has 2 rings (SSSR count). The molecule has 5 heteroatoms. The SMILES string of the molecule is COC(=O)c1ccc(F)c(NCc2ccc[nH]2)c1. The van der Waals surface area contributed by atoms with Crippen molar-refractivity contribution in [3.05, 3.63) is 53.6 Å². The number of carbonyl (C=O) groups excluding carboxylic acids is 1. The van der Waals surface area contributed by atoms with Crippen LogP contribution in [0.3, 0.4) is 0 Å². The third-order valence-corrected chi connectivity index (χ3v) is 2.52. The van der Waals surface area contributed by atoms with E-state index in [9.17, 15) is 9.18 Å². The van der Waals surface area contributed by atoms with Crippen molar-refractivity contribution in [2.45, 2.75) is 6.54 Å². The average Bonchev–Trinajstić information content (AvgIpc) is 2.90. The van der Waals surface area contributed by atoms with E-state index in [1.807, 2.05) is 12.1 Å². The van der Waals surface area contributed by atoms with Crippen molar-refractivity contribution in [2.75, 3.05) is 12.4 Å². The Bertz CT molecular complexity index is 538. The van der Waals surface area contributed by atoms with Gasteiger partial charge in [-0.25, -0.2) is 9.18 Å². The molecule has 18 heavy (non-hydrogen) atoms. The summed E-state index contributed by atoms with van der Waals surface area (Å²) < 4.78 is 18.1. The van der Waals surface area contributed by atoms with E-state index >= 15 is 0 Å². The lowest BCUT2D eigenvalue weighted by atomic mass is 10.2. The second-order valence-corrected chi connectivity index (χ2v) is 3.74. The summed E-state index contributed by atoms with van der Waals surface area (Å²) in [6.45, 7) is 0.453. The van der Waals surface area contributed by atoms with Gasteiger partial charge in [-0.3, -0.25) is 0 Å². The molecule has 0 bridgehead atoms. The van der Waals surface area contributed by atoms with E-state index in [1.54, 1.807) is 6.20 Å². The highest BCUT2D eigenvalue weighted by Gasteiger charge is 2.09. The molecule has 2 aromatic rings. The molecule has 0 fully saturated rings. The largest absolute Gasteiger partial charge is 0.465 e. The first-order valence-electron chi connectivity index (χ1n) is 5.44. The van der Waals surface area contributed by atoms with Crippen LogP contribution in [0.1, 0.15) is 16.1 Å². The van der Waals surface area contributed by atoms with Gasteiger partial charge < -0.3 is 15.0 Å². The van der Waals surface area contributed by atoms with Crippen molar-refractivity contribution in [3.8, 4) is 0 Å². The molecule has 0 atom stereocenters. The highest BCUT2D eigenvalue weighted by molar-refractivity contribution is 5.90. The average molecular weight is 248 g/mol. The summed E-state index contributed by atoms with van der Waals surface area (Å²) in [5.74, 6) is -0.896. The number of hydrogen-bond donors (Lipinski definition) is 2. The van der Waals surface area contributed by atoms with Crippen LogP contribution >= 0.6 is 0 Å². The van der Waals surface area contributed by atoms with Gasteiger partial charge in [-0.2, -0.15) is 0 Å². The van der Waals surface area contributed by atoms with Crippen molar-refractivity contribution >= 4 is 11.7 Å². The Morgan fingerprint density at radius 2 is 2.28 bits per heavy atom. The second-order valence-electron chi connectivity index (χ2n) is 3.74. The zero-order chi connectivity index (χ0) is 13.0. The molecule has 1 aromatic carbocycles. The molecule has 0 radical (unpaired) electrons. The molecule has 0 spiro atoms. The monoisotopic (exact) mass is 248 g/mol. The van der Waals surface area contributed by atoms with Crippen LogP contribution in [0.4, 0.5) is 10.1 Å². The number of nitrogens with one attached hydrogen (secondary N) is 2. The number of rotatable bonds is 4. The van der Waals surface area contributed by atoms with E-state index in [0.29, 0.717) is 12.1 Å². The molecule has 0 aliphatic heterocycles. The summed E-state index contributed by atoms with van der Waals surface area (Å²) in [6, 6.07) is 7.81. The summed E-state index contributed by atoms with van der Waals surface area (Å²) in [5, 5.41) is 2.92. The predicted molar refractivity (Wildman–Crippen MR) is 65.9 cm³/mol. The van der Waals surface area contributed by atoms with E-state index in [0.717, 1.165) is 5.69 Å². The topological polar surface area (TPSA) is 54.1 Å². The van der Waals surface area contributed by atoms with E-state index in [2.05, 4.69) is 15.0 Å². The number of esters is 1. The molecule has 0 amide bonds. The van der Waals surface area contributed by atoms with Crippen molar-refractivity contribution in [1.29, 1.82) is 0 Å². The number of anilines is 1. The lowest BCUT2D eigenvalue weighted by Gasteiger charge is -2.08. The molecular formula is C13H13FN2O2. The fourth-order valence-corrected chi connectivity index (χ4v) is 1.57. The summed E-state index contributed by atoms with van der Waals surface area (Å²) in [6.07, 6.45) is 1.79. The van der Waals surface area contributed by atoms with Gasteiger partial charge in [0.25, 0.3) is 0 Å². The number of H-pyrrole nitrogens is 1. The Kier molecular flexibility index (Phi) is 3.62. The van der Waals surface area contributed by atoms with Gasteiger partial charge in [-0.1, -0.05) is 0 Å². The number of aromatic nitrogens is 1. The number of aromatic amines is 1. The molecule has 0 unspecified atom stereocenters. The fraction of sp³-hybridized carbons (Fsp3) is 0.154. The van der Waals surface area contributed by atoms with Gasteiger partial charge >= 0.3 is 5.97 Å². The molecular weight excluding hydrogens is 235 g/mol. The minimum atomic E-state index is -0.488. The van der Waals surface area contributed by atoms with Crippen molar-refractivity contribution in [2.24, 2.45) is 0 Å². The lowest BCUT2D eigenvalue weighted by Crippen LogP contribution is -2.05. The van der Waals surface area contributed by atoms with E-state index < -0.39 is 11.8 Å². The van der Waals surface area contributed by atoms with E-state index in [-0.39, 0.29) is 5.69 Å². The van der Waals surface area contributed by atoms with Gasteiger partial charge in [0, 0.05) is 11.9 Å². The zero-order valence-electron chi connectivity index (χ0n) is 9.87. The van der Waals surface area contributed by atoms with Crippen LogP contribution in [0.25, 0.3) is 0 Å². The predicted octanol–water partition coefficient (Wildman–Crippen LogP) is 2.55. The number of benzene rings is 1. The molecule has 0 saturated carbocycles. The summed E-state index contributed by atoms with van der Waals surface area (Å²) in [4.78, 5) is 14.3. The number of carbonyl (C=O) groups is 1. The zero-order valence-corrected chi connectivity index (χ0v) is 9.87. The van der Waals surface area contributed by atoms with Crippen LogP contribution in [0.2, 0.25) is 0 Å². The first kappa shape index (κ1) is 12.2. The molecule has 0 aliphatic rings. The quantitative estimate of drug-likeness (QED) is 0.817. The number of ether oxygens (including phenoxy) is 1. The van der Waals surface area contributed by atoms with Crippen LogP contribution in [-0.4, -0.2) is 18.1 Å². The van der Waals surface area contributed by atoms with Gasteiger partial charge in [-0.05, 0) is 30.3 Å². The van der Waals surface area contributed by atoms with Crippen molar-refractivity contribution in [1.82, 2.24) is 4.98 Å². The highest BCUT2D eigenvalue weighted by Crippen LogP contribution is 2.17. The van der Waals surface area contributed by atoms with Gasteiger partial charge in [-0.15, -0.1) is 0 Å². The van der Waals surface area contributed by atoms with Gasteiger partial charge in [0.2, 0.25) is 0 Å². The minimum absolute atomic E-state index is 0.271. The Balaban J connectivity index is 2.13. The van der Waals surface area contributed by atoms with Crippen LogP contribution in [0.5, 0.6) is 0 Å². The summed E-state index contributed by atoms with van der Waals surface area (Å²) >= 11 is 0. The third-order valence-electron chi connectivity index (χ3n) is 2.52. The van der Waals surface area contributed by atoms with Crippen LogP contribution < -0.4 is 5.32 Å². The van der Waals surface area contributed by atoms with Gasteiger partial charge in [0.15, 0.2) is 0 Å². The minimum Gasteiger partial charge on any atom is -0.465 e. The molecule has 4 nitrogen and oxygen atoms in total. The van der Waals surface area contributed by atoms with Crippen LogP contribution in [0.15, 0.2) is 36.5 Å². The standard InChI is InChI=1S/C13H13FN2O2/c1-18-13(17)9-4-5-11(14)12(7-9)16-8-10-3-2-6-15-10/h2-7,15-16H,8H2,1H3. The molecule has 1 aromatic heterocycles. The Hall–Kier alpha value is -2.30. The second kappa shape index (κ2) is 5.35. The first-order chi connectivity index (χ1) is 8.70. The maximum absolute atomic E-state index is 13.5. The van der Waals surface area contributed by atoms with Crippen LogP contribution in [-0.2, 0) is 11.3 Å². The third kappa shape index (κ3) is 2.68. The maximum Gasteiger partial charge on any atom is 0.337 e. The highest BCUT2D eigenvalue weighted by atomic mass is 19.1. The van der Waals surface area contributed by atoms with Crippen molar-refractivity contribution < 1.29 is 13.9 Å². The summed E-state index contributed by atoms with van der Waals surface area (Å²) in [5.41, 5.74) is 1.51. The maximum atomic E-state index is 13.5. The number of hydrogen-bond acceptors (Lipinski definition) is 3. The molecule has 2 N–H and O–H groups in total. The first-order valence-corrected chi connectivity index (χ1v) is 5.44. The Labute approximate surface area is 104 Å². The smallest absolute Gasteiger partial charge is 0.337 e. The molecule has 0 aliphatic carbocycles. The normalized spacial score (nSPS) is 10.1. The Morgan fingerprint density at radius 1 is 1.44 bits per heavy atom.